The number of aliphatic hydroxyl groups excluding tert-OH is 1. The van der Waals surface area contributed by atoms with E-state index in [0.29, 0.717) is 11.6 Å². The highest BCUT2D eigenvalue weighted by atomic mass is 16.5. The monoisotopic (exact) mass is 275 g/mol. The number of pyridine rings is 1. The van der Waals surface area contributed by atoms with Gasteiger partial charge in [-0.1, -0.05) is 13.8 Å². The van der Waals surface area contributed by atoms with Gasteiger partial charge in [0, 0.05) is 17.8 Å². The Kier molecular flexibility index (Phi) is 4.39. The minimum absolute atomic E-state index is 0.0240. The number of ether oxygens (including phenoxy) is 1. The summed E-state index contributed by atoms with van der Waals surface area (Å²) < 4.78 is 7.56. The van der Waals surface area contributed by atoms with E-state index in [1.807, 2.05) is 16.9 Å². The minimum atomic E-state index is -0.0240. The largest absolute Gasteiger partial charge is 0.436 e. The zero-order chi connectivity index (χ0) is 14.7. The highest BCUT2D eigenvalue weighted by molar-refractivity contribution is 5.29. The van der Waals surface area contributed by atoms with Crippen LogP contribution in [0, 0.1) is 0 Å². The molecule has 0 unspecified atom stereocenters. The molecule has 5 nitrogen and oxygen atoms in total. The van der Waals surface area contributed by atoms with E-state index >= 15 is 0 Å². The number of nitrogens with zero attached hydrogens (tertiary/aromatic N) is 3. The molecule has 0 aromatic carbocycles. The Bertz CT molecular complexity index is 576. The van der Waals surface area contributed by atoms with E-state index in [4.69, 9.17) is 4.74 Å². The molecule has 1 N–H and O–H groups in total. The first-order valence-corrected chi connectivity index (χ1v) is 6.83. The molecule has 0 radical (unpaired) electrons. The molecule has 0 atom stereocenters. The van der Waals surface area contributed by atoms with Crippen molar-refractivity contribution in [2.45, 2.75) is 46.3 Å². The fourth-order valence-electron chi connectivity index (χ4n) is 1.80. The molecule has 0 amide bonds. The summed E-state index contributed by atoms with van der Waals surface area (Å²) in [7, 11) is 0. The second-order valence-electron chi connectivity index (χ2n) is 5.40. The number of aromatic nitrogens is 3. The molecule has 0 spiro atoms. The molecule has 0 aliphatic rings. The van der Waals surface area contributed by atoms with Gasteiger partial charge in [-0.15, -0.1) is 0 Å². The molecule has 2 rings (SSSR count). The molecule has 0 fully saturated rings. The second kappa shape index (κ2) is 6.05. The molecule has 20 heavy (non-hydrogen) atoms. The molecular weight excluding hydrogens is 254 g/mol. The van der Waals surface area contributed by atoms with Gasteiger partial charge in [-0.25, -0.2) is 4.98 Å². The third-order valence-corrected chi connectivity index (χ3v) is 2.98. The average Bonchev–Trinajstić information content (AvgIpc) is 2.87. The highest BCUT2D eigenvalue weighted by Gasteiger charge is 2.09. The van der Waals surface area contributed by atoms with Crippen LogP contribution in [0.25, 0.3) is 0 Å². The van der Waals surface area contributed by atoms with E-state index < -0.39 is 0 Å². The summed E-state index contributed by atoms with van der Waals surface area (Å²) in [5.41, 5.74) is 1.71. The smallest absolute Gasteiger partial charge is 0.219 e. The fraction of sp³-hybridized carbons (Fsp3) is 0.467. The van der Waals surface area contributed by atoms with Crippen molar-refractivity contribution < 1.29 is 9.84 Å². The number of hydrogen-bond donors (Lipinski definition) is 1. The van der Waals surface area contributed by atoms with Crippen LogP contribution in [0.1, 0.15) is 50.9 Å². The molecule has 108 valence electrons. The maximum Gasteiger partial charge on any atom is 0.219 e. The predicted octanol–water partition coefficient (Wildman–Crippen LogP) is 3.27. The predicted molar refractivity (Wildman–Crippen MR) is 76.9 cm³/mol. The maximum atomic E-state index is 9.31. The van der Waals surface area contributed by atoms with E-state index in [1.165, 1.54) is 0 Å². The number of hydrogen-bond acceptors (Lipinski definition) is 4. The SMILES string of the molecule is CC(C)c1cc(CO)cc(Oc2cnn(C(C)C)c2)n1. The molecule has 0 bridgehead atoms. The van der Waals surface area contributed by atoms with E-state index in [2.05, 4.69) is 37.8 Å². The zero-order valence-electron chi connectivity index (χ0n) is 12.4. The number of rotatable bonds is 5. The Labute approximate surface area is 119 Å². The van der Waals surface area contributed by atoms with Gasteiger partial charge < -0.3 is 9.84 Å². The van der Waals surface area contributed by atoms with Crippen molar-refractivity contribution in [3.05, 3.63) is 35.8 Å². The Morgan fingerprint density at radius 3 is 2.55 bits per heavy atom. The lowest BCUT2D eigenvalue weighted by Crippen LogP contribution is -2.00. The Morgan fingerprint density at radius 1 is 1.25 bits per heavy atom. The fourth-order valence-corrected chi connectivity index (χ4v) is 1.80. The van der Waals surface area contributed by atoms with Gasteiger partial charge in [-0.05, 0) is 31.4 Å². The van der Waals surface area contributed by atoms with Crippen molar-refractivity contribution in [1.29, 1.82) is 0 Å². The van der Waals surface area contributed by atoms with Gasteiger partial charge >= 0.3 is 0 Å². The summed E-state index contributed by atoms with van der Waals surface area (Å²) in [5, 5.41) is 13.5. The summed E-state index contributed by atoms with van der Waals surface area (Å²) in [4.78, 5) is 4.46. The molecule has 0 aliphatic heterocycles. The Hall–Kier alpha value is -1.88. The third-order valence-electron chi connectivity index (χ3n) is 2.98. The van der Waals surface area contributed by atoms with Gasteiger partial charge in [-0.2, -0.15) is 5.10 Å². The van der Waals surface area contributed by atoms with E-state index in [1.54, 1.807) is 12.3 Å². The van der Waals surface area contributed by atoms with Crippen LogP contribution in [-0.2, 0) is 6.61 Å². The van der Waals surface area contributed by atoms with Crippen LogP contribution in [0.4, 0.5) is 0 Å². The van der Waals surface area contributed by atoms with Crippen LogP contribution in [0.3, 0.4) is 0 Å². The van der Waals surface area contributed by atoms with Crippen molar-refractivity contribution in [2.24, 2.45) is 0 Å². The van der Waals surface area contributed by atoms with Crippen LogP contribution in [0.15, 0.2) is 24.5 Å². The summed E-state index contributed by atoms with van der Waals surface area (Å²) in [5.74, 6) is 1.42. The van der Waals surface area contributed by atoms with Crippen molar-refractivity contribution in [1.82, 2.24) is 14.8 Å². The van der Waals surface area contributed by atoms with Crippen molar-refractivity contribution in [2.75, 3.05) is 0 Å². The summed E-state index contributed by atoms with van der Waals surface area (Å²) >= 11 is 0. The lowest BCUT2D eigenvalue weighted by molar-refractivity contribution is 0.280. The summed E-state index contributed by atoms with van der Waals surface area (Å²) in [6.45, 7) is 8.20. The molecule has 0 saturated carbocycles. The topological polar surface area (TPSA) is 60.2 Å². The van der Waals surface area contributed by atoms with Crippen molar-refractivity contribution in [3.63, 3.8) is 0 Å². The summed E-state index contributed by atoms with van der Waals surface area (Å²) in [6.07, 6.45) is 3.51. The molecule has 2 aromatic rings. The minimum Gasteiger partial charge on any atom is -0.436 e. The molecular formula is C15H21N3O2. The Balaban J connectivity index is 2.25. The van der Waals surface area contributed by atoms with Crippen LogP contribution >= 0.6 is 0 Å². The molecule has 0 aliphatic carbocycles. The second-order valence-corrected chi connectivity index (χ2v) is 5.40. The van der Waals surface area contributed by atoms with Gasteiger partial charge in [-0.3, -0.25) is 4.68 Å². The van der Waals surface area contributed by atoms with Gasteiger partial charge in [0.05, 0.1) is 19.0 Å². The van der Waals surface area contributed by atoms with Gasteiger partial charge in [0.2, 0.25) is 5.88 Å². The van der Waals surface area contributed by atoms with Gasteiger partial charge in [0.25, 0.3) is 0 Å². The molecule has 2 aromatic heterocycles. The van der Waals surface area contributed by atoms with Crippen LogP contribution in [0.5, 0.6) is 11.6 Å². The van der Waals surface area contributed by atoms with Crippen molar-refractivity contribution in [3.8, 4) is 11.6 Å². The van der Waals surface area contributed by atoms with Gasteiger partial charge in [0.1, 0.15) is 0 Å². The molecule has 5 heteroatoms. The summed E-state index contributed by atoms with van der Waals surface area (Å²) in [6, 6.07) is 3.93. The lowest BCUT2D eigenvalue weighted by atomic mass is 10.1. The maximum absolute atomic E-state index is 9.31. The first-order chi connectivity index (χ1) is 9.49. The standard InChI is InChI=1S/C15H21N3O2/c1-10(2)14-5-12(9-19)6-15(17-14)20-13-7-16-18(8-13)11(3)4/h5-8,10-11,19H,9H2,1-4H3. The molecule has 0 saturated heterocycles. The highest BCUT2D eigenvalue weighted by Crippen LogP contribution is 2.24. The zero-order valence-corrected chi connectivity index (χ0v) is 12.4. The molecule has 2 heterocycles. The number of aliphatic hydroxyl groups is 1. The quantitative estimate of drug-likeness (QED) is 0.909. The van der Waals surface area contributed by atoms with E-state index in [9.17, 15) is 5.11 Å². The Morgan fingerprint density at radius 2 is 2.00 bits per heavy atom. The van der Waals surface area contributed by atoms with Crippen LogP contribution in [0.2, 0.25) is 0 Å². The average molecular weight is 275 g/mol. The normalized spacial score (nSPS) is 11.3. The van der Waals surface area contributed by atoms with E-state index in [0.717, 1.165) is 11.3 Å². The first kappa shape index (κ1) is 14.5. The van der Waals surface area contributed by atoms with Crippen LogP contribution in [-0.4, -0.2) is 19.9 Å². The van der Waals surface area contributed by atoms with Gasteiger partial charge in [0.15, 0.2) is 5.75 Å². The third kappa shape index (κ3) is 3.36. The van der Waals surface area contributed by atoms with E-state index in [-0.39, 0.29) is 18.6 Å². The first-order valence-electron chi connectivity index (χ1n) is 6.83. The van der Waals surface area contributed by atoms with Crippen LogP contribution < -0.4 is 4.74 Å². The van der Waals surface area contributed by atoms with Crippen molar-refractivity contribution >= 4 is 0 Å². The lowest BCUT2D eigenvalue weighted by Gasteiger charge is -2.10.